The van der Waals surface area contributed by atoms with Crippen LogP contribution >= 0.6 is 0 Å². The van der Waals surface area contributed by atoms with Gasteiger partial charge < -0.3 is 4.42 Å². The van der Waals surface area contributed by atoms with E-state index in [2.05, 4.69) is 5.32 Å². The lowest BCUT2D eigenvalue weighted by Crippen LogP contribution is -2.19. The van der Waals surface area contributed by atoms with Crippen LogP contribution in [0.25, 0.3) is 6.08 Å². The average Bonchev–Trinajstić information content (AvgIpc) is 2.62. The smallest absolute Gasteiger partial charge is 0.254 e. The highest BCUT2D eigenvalue weighted by atomic mass is 16.3. The molecule has 0 saturated carbocycles. The van der Waals surface area contributed by atoms with Crippen molar-refractivity contribution >= 4 is 17.9 Å². The molecule has 1 aliphatic heterocycles. The first-order valence-corrected chi connectivity index (χ1v) is 4.25. The Hall–Kier alpha value is -1.84. The molecule has 1 aliphatic rings. The van der Waals surface area contributed by atoms with E-state index in [1.807, 2.05) is 0 Å². The summed E-state index contributed by atoms with van der Waals surface area (Å²) in [5.74, 6) is 0.183. The molecule has 72 valence electrons. The van der Waals surface area contributed by atoms with Gasteiger partial charge in [0.2, 0.25) is 5.91 Å². The lowest BCUT2D eigenvalue weighted by atomic mass is 10.1. The number of carbonyl (C=O) groups is 2. The van der Waals surface area contributed by atoms with Gasteiger partial charge in [-0.05, 0) is 19.1 Å². The third-order valence-electron chi connectivity index (χ3n) is 2.12. The van der Waals surface area contributed by atoms with Crippen molar-refractivity contribution in [2.75, 3.05) is 0 Å². The summed E-state index contributed by atoms with van der Waals surface area (Å²) in [5, 5.41) is 2.22. The predicted octanol–water partition coefficient (Wildman–Crippen LogP) is 1.02. The second kappa shape index (κ2) is 3.14. The summed E-state index contributed by atoms with van der Waals surface area (Å²) in [4.78, 5) is 22.1. The molecule has 1 fully saturated rings. The monoisotopic (exact) mass is 191 g/mol. The van der Waals surface area contributed by atoms with Gasteiger partial charge in [0.05, 0.1) is 12.7 Å². The molecule has 0 aromatic carbocycles. The number of rotatable bonds is 1. The van der Waals surface area contributed by atoms with Gasteiger partial charge in [0.15, 0.2) is 0 Å². The zero-order valence-electron chi connectivity index (χ0n) is 7.66. The third kappa shape index (κ3) is 1.46. The molecule has 0 aliphatic carbocycles. The van der Waals surface area contributed by atoms with Crippen LogP contribution in [0, 0.1) is 6.92 Å². The fourth-order valence-corrected chi connectivity index (χ4v) is 1.35. The molecule has 2 heterocycles. The number of hydrogen-bond donors (Lipinski definition) is 1. The van der Waals surface area contributed by atoms with Gasteiger partial charge in [-0.25, -0.2) is 0 Å². The van der Waals surface area contributed by atoms with Crippen molar-refractivity contribution in [2.45, 2.75) is 13.3 Å². The minimum absolute atomic E-state index is 0.156. The number of aryl methyl sites for hydroxylation is 1. The first-order valence-electron chi connectivity index (χ1n) is 4.25. The molecule has 2 rings (SSSR count). The second-order valence-electron chi connectivity index (χ2n) is 3.16. The van der Waals surface area contributed by atoms with Crippen LogP contribution < -0.4 is 5.32 Å². The largest absolute Gasteiger partial charge is 0.469 e. The lowest BCUT2D eigenvalue weighted by molar-refractivity contribution is -0.124. The summed E-state index contributed by atoms with van der Waals surface area (Å²) < 4.78 is 5.08. The standard InChI is InChI=1S/C10H9NO3/c1-6-7(2-3-14-6)4-8-5-9(12)11-10(8)13/h2-4H,5H2,1H3,(H,11,12,13)/b8-4-. The quantitative estimate of drug-likeness (QED) is 0.532. The highest BCUT2D eigenvalue weighted by molar-refractivity contribution is 6.15. The van der Waals surface area contributed by atoms with Crippen LogP contribution in [0.3, 0.4) is 0 Å². The van der Waals surface area contributed by atoms with Crippen LogP contribution in [0.4, 0.5) is 0 Å². The summed E-state index contributed by atoms with van der Waals surface area (Å²) in [7, 11) is 0. The van der Waals surface area contributed by atoms with E-state index in [1.54, 1.807) is 25.3 Å². The van der Waals surface area contributed by atoms with Crippen molar-refractivity contribution in [3.63, 3.8) is 0 Å². The molecule has 1 N–H and O–H groups in total. The minimum atomic E-state index is -0.310. The first kappa shape index (κ1) is 8.74. The minimum Gasteiger partial charge on any atom is -0.469 e. The van der Waals surface area contributed by atoms with Gasteiger partial charge in [-0.3, -0.25) is 14.9 Å². The molecule has 4 nitrogen and oxygen atoms in total. The SMILES string of the molecule is Cc1occc1/C=C1/CC(=O)NC1=O. The summed E-state index contributed by atoms with van der Waals surface area (Å²) in [6, 6.07) is 1.76. The first-order chi connectivity index (χ1) is 6.66. The molecule has 1 saturated heterocycles. The van der Waals surface area contributed by atoms with Crippen LogP contribution in [-0.4, -0.2) is 11.8 Å². The van der Waals surface area contributed by atoms with E-state index in [4.69, 9.17) is 4.42 Å². The Morgan fingerprint density at radius 2 is 2.29 bits per heavy atom. The van der Waals surface area contributed by atoms with E-state index in [0.29, 0.717) is 5.57 Å². The van der Waals surface area contributed by atoms with Crippen molar-refractivity contribution in [1.29, 1.82) is 0 Å². The number of furan rings is 1. The Labute approximate surface area is 80.6 Å². The van der Waals surface area contributed by atoms with Crippen LogP contribution in [0.2, 0.25) is 0 Å². The summed E-state index contributed by atoms with van der Waals surface area (Å²) in [6.07, 6.45) is 3.39. The maximum Gasteiger partial charge on any atom is 0.254 e. The molecule has 1 aromatic rings. The number of hydrogen-bond acceptors (Lipinski definition) is 3. The fourth-order valence-electron chi connectivity index (χ4n) is 1.35. The summed E-state index contributed by atoms with van der Waals surface area (Å²) in [6.45, 7) is 1.81. The average molecular weight is 191 g/mol. The molecule has 0 spiro atoms. The number of carbonyl (C=O) groups excluding carboxylic acids is 2. The molecule has 0 bridgehead atoms. The molecule has 4 heteroatoms. The summed E-state index contributed by atoms with van der Waals surface area (Å²) in [5.41, 5.74) is 1.32. The number of nitrogens with one attached hydrogen (secondary N) is 1. The topological polar surface area (TPSA) is 59.3 Å². The molecule has 0 atom stereocenters. The van der Waals surface area contributed by atoms with Gasteiger partial charge in [-0.2, -0.15) is 0 Å². The normalized spacial score (nSPS) is 19.1. The van der Waals surface area contributed by atoms with Crippen LogP contribution in [0.5, 0.6) is 0 Å². The molecule has 0 unspecified atom stereocenters. The predicted molar refractivity (Wildman–Crippen MR) is 49.2 cm³/mol. The molecule has 0 radical (unpaired) electrons. The van der Waals surface area contributed by atoms with E-state index in [9.17, 15) is 9.59 Å². The van der Waals surface area contributed by atoms with Gasteiger partial charge in [0, 0.05) is 11.1 Å². The van der Waals surface area contributed by atoms with Gasteiger partial charge in [-0.15, -0.1) is 0 Å². The van der Waals surface area contributed by atoms with Crippen LogP contribution in [0.15, 0.2) is 22.3 Å². The molecule has 1 aromatic heterocycles. The Morgan fingerprint density at radius 3 is 2.79 bits per heavy atom. The van der Waals surface area contributed by atoms with E-state index < -0.39 is 0 Å². The lowest BCUT2D eigenvalue weighted by Gasteiger charge is -1.91. The number of amides is 2. The van der Waals surface area contributed by atoms with Crippen LogP contribution in [0.1, 0.15) is 17.7 Å². The third-order valence-corrected chi connectivity index (χ3v) is 2.12. The highest BCUT2D eigenvalue weighted by Gasteiger charge is 2.23. The molecular formula is C10H9NO3. The van der Waals surface area contributed by atoms with Crippen molar-refractivity contribution in [1.82, 2.24) is 5.32 Å². The van der Waals surface area contributed by atoms with E-state index in [0.717, 1.165) is 11.3 Å². The van der Waals surface area contributed by atoms with Gasteiger partial charge in [-0.1, -0.05) is 0 Å². The second-order valence-corrected chi connectivity index (χ2v) is 3.16. The molecule has 2 amide bonds. The number of imide groups is 1. The van der Waals surface area contributed by atoms with Crippen molar-refractivity contribution in [3.05, 3.63) is 29.2 Å². The van der Waals surface area contributed by atoms with E-state index in [1.165, 1.54) is 0 Å². The van der Waals surface area contributed by atoms with Gasteiger partial charge >= 0.3 is 0 Å². The van der Waals surface area contributed by atoms with Crippen molar-refractivity contribution < 1.29 is 14.0 Å². The maximum absolute atomic E-state index is 11.2. The Balaban J connectivity index is 2.32. The zero-order valence-corrected chi connectivity index (χ0v) is 7.66. The van der Waals surface area contributed by atoms with Gasteiger partial charge in [0.25, 0.3) is 5.91 Å². The van der Waals surface area contributed by atoms with E-state index in [-0.39, 0.29) is 18.2 Å². The molecular weight excluding hydrogens is 182 g/mol. The fraction of sp³-hybridized carbons (Fsp3) is 0.200. The zero-order chi connectivity index (χ0) is 10.1. The Morgan fingerprint density at radius 1 is 1.50 bits per heavy atom. The summed E-state index contributed by atoms with van der Waals surface area (Å²) >= 11 is 0. The molecule has 14 heavy (non-hydrogen) atoms. The van der Waals surface area contributed by atoms with Crippen molar-refractivity contribution in [2.24, 2.45) is 0 Å². The Kier molecular flexibility index (Phi) is 1.96. The Bertz CT molecular complexity index is 428. The van der Waals surface area contributed by atoms with Crippen LogP contribution in [-0.2, 0) is 9.59 Å². The van der Waals surface area contributed by atoms with Crippen molar-refractivity contribution in [3.8, 4) is 0 Å². The van der Waals surface area contributed by atoms with E-state index >= 15 is 0 Å². The van der Waals surface area contributed by atoms with Gasteiger partial charge in [0.1, 0.15) is 5.76 Å². The maximum atomic E-state index is 11.2. The highest BCUT2D eigenvalue weighted by Crippen LogP contribution is 2.17.